The number of ether oxygens (including phenoxy) is 1. The van der Waals surface area contributed by atoms with Gasteiger partial charge in [0.15, 0.2) is 0 Å². The molecule has 5 nitrogen and oxygen atoms in total. The third kappa shape index (κ3) is 3.56. The van der Waals surface area contributed by atoms with Crippen molar-refractivity contribution >= 4 is 15.7 Å². The number of nitrogens with zero attached hydrogens (tertiary/aromatic N) is 4. The zero-order valence-electron chi connectivity index (χ0n) is 15.1. The van der Waals surface area contributed by atoms with Crippen LogP contribution in [-0.4, -0.2) is 37.6 Å². The Morgan fingerprint density at radius 3 is 2.67 bits per heavy atom. The van der Waals surface area contributed by atoms with Gasteiger partial charge >= 0.3 is 6.55 Å². The van der Waals surface area contributed by atoms with E-state index in [0.29, 0.717) is 32.9 Å². The molecule has 134 valence electrons. The number of rotatable bonds is 5. The quantitative estimate of drug-likeness (QED) is 0.647. The van der Waals surface area contributed by atoms with Gasteiger partial charge in [0.2, 0.25) is 0 Å². The molecule has 2 aromatic heterocycles. The number of benzene rings is 1. The van der Waals surface area contributed by atoms with Gasteiger partial charge < -0.3 is 4.74 Å². The Labute approximate surface area is 157 Å². The molecule has 0 amide bonds. The van der Waals surface area contributed by atoms with Gasteiger partial charge in [0.25, 0.3) is 0 Å². The molecule has 2 heterocycles. The maximum absolute atomic E-state index is 12.9. The first-order valence-corrected chi connectivity index (χ1v) is 8.25. The molecule has 0 radical (unpaired) electrons. The molecule has 0 atom stereocenters. The number of alkyl halides is 2. The van der Waals surface area contributed by atoms with Crippen LogP contribution in [0.3, 0.4) is 0 Å². The van der Waals surface area contributed by atoms with Crippen LogP contribution >= 0.6 is 0 Å². The molecule has 3 rings (SSSR count). The van der Waals surface area contributed by atoms with E-state index in [-0.39, 0.29) is 0 Å². The molecule has 0 aliphatic rings. The van der Waals surface area contributed by atoms with E-state index >= 15 is 0 Å². The minimum atomic E-state index is -2.69. The zero-order chi connectivity index (χ0) is 19.6. The van der Waals surface area contributed by atoms with Gasteiger partial charge in [-0.2, -0.15) is 19.1 Å². The largest absolute Gasteiger partial charge is 0.494 e. The predicted octanol–water partition coefficient (Wildman–Crippen LogP) is 1.69. The van der Waals surface area contributed by atoms with Crippen molar-refractivity contribution in [2.75, 3.05) is 7.11 Å². The Morgan fingerprint density at radius 2 is 2.04 bits per heavy atom. The lowest BCUT2D eigenvalue weighted by Crippen LogP contribution is -2.29. The highest BCUT2D eigenvalue weighted by Gasteiger charge is 2.28. The maximum Gasteiger partial charge on any atom is 0.333 e. The lowest BCUT2D eigenvalue weighted by Gasteiger charge is -2.24. The van der Waals surface area contributed by atoms with Crippen LogP contribution in [0.25, 0.3) is 11.3 Å². The molecular formula is C18H16B2F2N4O. The Hall–Kier alpha value is -3.14. The van der Waals surface area contributed by atoms with Gasteiger partial charge in [0.05, 0.1) is 24.9 Å². The second-order valence-corrected chi connectivity index (χ2v) is 6.55. The smallest absolute Gasteiger partial charge is 0.333 e. The fourth-order valence-corrected chi connectivity index (χ4v) is 2.82. The van der Waals surface area contributed by atoms with Crippen LogP contribution in [0.15, 0.2) is 48.8 Å². The van der Waals surface area contributed by atoms with Gasteiger partial charge in [-0.25, -0.2) is 9.67 Å². The highest BCUT2D eigenvalue weighted by Crippen LogP contribution is 2.33. The summed E-state index contributed by atoms with van der Waals surface area (Å²) in [6, 6.07) is 12.8. The molecule has 0 bridgehead atoms. The van der Waals surface area contributed by atoms with Crippen LogP contribution in [0.1, 0.15) is 23.4 Å². The normalized spacial score (nSPS) is 11.4. The molecule has 0 saturated heterocycles. The molecule has 0 aliphatic heterocycles. The van der Waals surface area contributed by atoms with Gasteiger partial charge in [-0.1, -0.05) is 12.1 Å². The topological polar surface area (TPSA) is 63.7 Å². The fraction of sp³-hybridized carbons (Fsp3) is 0.167. The molecule has 0 fully saturated rings. The highest BCUT2D eigenvalue weighted by molar-refractivity contribution is 6.42. The number of hydrogen-bond donors (Lipinski definition) is 0. The summed E-state index contributed by atoms with van der Waals surface area (Å²) in [6.45, 7) is -2.69. The molecule has 27 heavy (non-hydrogen) atoms. The third-order valence-corrected chi connectivity index (χ3v) is 4.51. The summed E-state index contributed by atoms with van der Waals surface area (Å²) in [6.07, 6.45) is 2.75. The van der Waals surface area contributed by atoms with Crippen molar-refractivity contribution in [1.82, 2.24) is 14.8 Å². The summed E-state index contributed by atoms with van der Waals surface area (Å²) < 4.78 is 31.8. The summed E-state index contributed by atoms with van der Waals surface area (Å²) in [5, 5.41) is 12.2. The van der Waals surface area contributed by atoms with Crippen LogP contribution < -0.4 is 4.74 Å². The monoisotopic (exact) mass is 364 g/mol. The van der Waals surface area contributed by atoms with E-state index in [2.05, 4.69) is 11.2 Å². The van der Waals surface area contributed by atoms with Crippen molar-refractivity contribution in [3.8, 4) is 23.1 Å². The van der Waals surface area contributed by atoms with Crippen molar-refractivity contribution in [3.05, 3.63) is 65.6 Å². The number of aromatic nitrogens is 3. The summed E-state index contributed by atoms with van der Waals surface area (Å²) in [4.78, 5) is 4.73. The predicted molar refractivity (Wildman–Crippen MR) is 102 cm³/mol. The van der Waals surface area contributed by atoms with Gasteiger partial charge in [-0.3, -0.25) is 0 Å². The maximum atomic E-state index is 12.9. The van der Waals surface area contributed by atoms with Gasteiger partial charge in [0, 0.05) is 17.5 Å². The molecule has 0 N–H and O–H groups in total. The van der Waals surface area contributed by atoms with E-state index in [4.69, 9.17) is 15.0 Å². The van der Waals surface area contributed by atoms with Crippen LogP contribution in [0.4, 0.5) is 8.78 Å². The minimum Gasteiger partial charge on any atom is -0.494 e. The number of pyridine rings is 1. The molecule has 0 unspecified atom stereocenters. The van der Waals surface area contributed by atoms with E-state index in [1.54, 1.807) is 37.4 Å². The zero-order valence-corrected chi connectivity index (χ0v) is 15.1. The van der Waals surface area contributed by atoms with Crippen LogP contribution in [0.5, 0.6) is 5.75 Å². The Bertz CT molecular complexity index is 1010. The second kappa shape index (κ2) is 7.23. The van der Waals surface area contributed by atoms with Gasteiger partial charge in [-0.05, 0) is 35.0 Å². The lowest BCUT2D eigenvalue weighted by molar-refractivity contribution is 0.0565. The van der Waals surface area contributed by atoms with Crippen molar-refractivity contribution in [2.45, 2.75) is 11.8 Å². The highest BCUT2D eigenvalue weighted by atomic mass is 19.3. The van der Waals surface area contributed by atoms with E-state index in [1.165, 1.54) is 12.4 Å². The first kappa shape index (κ1) is 18.6. The molecule has 9 heteroatoms. The first-order valence-electron chi connectivity index (χ1n) is 8.25. The summed E-state index contributed by atoms with van der Waals surface area (Å²) in [5.74, 6) is 0.563. The van der Waals surface area contributed by atoms with Crippen molar-refractivity contribution < 1.29 is 13.5 Å². The number of methoxy groups -OCH3 is 1. The van der Waals surface area contributed by atoms with E-state index in [1.807, 2.05) is 21.8 Å². The molecule has 3 aromatic rings. The average molecular weight is 364 g/mol. The number of halogens is 2. The molecule has 0 spiro atoms. The molecule has 1 aromatic carbocycles. The number of hydrogen-bond acceptors (Lipinski definition) is 4. The molecule has 0 saturated carbocycles. The van der Waals surface area contributed by atoms with Crippen LogP contribution in [0, 0.1) is 11.3 Å². The average Bonchev–Trinajstić information content (AvgIpc) is 3.19. The van der Waals surface area contributed by atoms with E-state index in [9.17, 15) is 8.78 Å². The van der Waals surface area contributed by atoms with E-state index in [0.717, 1.165) is 5.56 Å². The minimum absolute atomic E-state index is 0.513. The lowest BCUT2D eigenvalue weighted by atomic mass is 9.50. The van der Waals surface area contributed by atoms with Crippen LogP contribution in [0.2, 0.25) is 0 Å². The van der Waals surface area contributed by atoms with Gasteiger partial charge in [-0.15, -0.1) is 0 Å². The second-order valence-electron chi connectivity index (χ2n) is 6.55. The van der Waals surface area contributed by atoms with Crippen LogP contribution in [-0.2, 0) is 5.21 Å². The fourth-order valence-electron chi connectivity index (χ4n) is 2.82. The summed E-state index contributed by atoms with van der Waals surface area (Å²) >= 11 is 0. The Kier molecular flexibility index (Phi) is 5.00. The van der Waals surface area contributed by atoms with Crippen molar-refractivity contribution in [3.63, 3.8) is 0 Å². The Balaban J connectivity index is 2.10. The van der Waals surface area contributed by atoms with Crippen molar-refractivity contribution in [1.29, 1.82) is 5.26 Å². The van der Waals surface area contributed by atoms with E-state index < -0.39 is 11.8 Å². The standard InChI is InChI=1S/C18H16B2F2N4O/c1-27-14-5-6-15(18(19,20)13-9-24-26(10-13)17(21)22)25-16(14)12-4-2-3-11(7-12)8-23/h2-7,9-10,17H,19-20H2,1H3. The summed E-state index contributed by atoms with van der Waals surface area (Å²) in [5.41, 5.74) is 3.14. The van der Waals surface area contributed by atoms with Gasteiger partial charge in [0.1, 0.15) is 27.1 Å². The molecule has 0 aliphatic carbocycles. The third-order valence-electron chi connectivity index (χ3n) is 4.51. The Morgan fingerprint density at radius 1 is 1.26 bits per heavy atom. The van der Waals surface area contributed by atoms with Crippen molar-refractivity contribution in [2.24, 2.45) is 0 Å². The number of nitriles is 1. The molecular weight excluding hydrogens is 348 g/mol. The summed E-state index contributed by atoms with van der Waals surface area (Å²) in [7, 11) is 5.33. The first-order chi connectivity index (χ1) is 12.9. The SMILES string of the molecule is BC(B)(c1cnn(C(F)F)c1)c1ccc(OC)c(-c2cccc(C#N)c2)n1.